The van der Waals surface area contributed by atoms with E-state index in [9.17, 15) is 8.42 Å². The lowest BCUT2D eigenvalue weighted by molar-refractivity contribution is 0.340. The third-order valence-electron chi connectivity index (χ3n) is 2.89. The summed E-state index contributed by atoms with van der Waals surface area (Å²) in [7, 11) is -3.54. The van der Waals surface area contributed by atoms with Crippen LogP contribution in [0.2, 0.25) is 0 Å². The van der Waals surface area contributed by atoms with Gasteiger partial charge in [-0.25, -0.2) is 13.1 Å². The van der Waals surface area contributed by atoms with Crippen LogP contribution in [0.25, 0.3) is 0 Å². The highest BCUT2D eigenvalue weighted by Crippen LogP contribution is 2.16. The van der Waals surface area contributed by atoms with Gasteiger partial charge in [-0.3, -0.25) is 0 Å². The van der Waals surface area contributed by atoms with Crippen LogP contribution in [0.4, 0.5) is 0 Å². The van der Waals surface area contributed by atoms with Crippen molar-refractivity contribution in [1.82, 2.24) is 4.72 Å². The average Bonchev–Trinajstić information content (AvgIpc) is 2.92. The average molecular weight is 309 g/mol. The quantitative estimate of drug-likeness (QED) is 0.853. The molecule has 0 saturated carbocycles. The molecular formula is C15H19NO4S. The fourth-order valence-electron chi connectivity index (χ4n) is 1.99. The van der Waals surface area contributed by atoms with Gasteiger partial charge in [0, 0.05) is 12.5 Å². The summed E-state index contributed by atoms with van der Waals surface area (Å²) >= 11 is 0. The summed E-state index contributed by atoms with van der Waals surface area (Å²) in [5.41, 5.74) is 0. The number of nitrogens with one attached hydrogen (secondary N) is 1. The molecule has 2 rings (SSSR count). The van der Waals surface area contributed by atoms with Gasteiger partial charge in [0.25, 0.3) is 0 Å². The molecule has 21 heavy (non-hydrogen) atoms. The van der Waals surface area contributed by atoms with Crippen molar-refractivity contribution in [3.05, 3.63) is 48.4 Å². The molecule has 0 spiro atoms. The highest BCUT2D eigenvalue weighted by molar-refractivity contribution is 7.89. The molecule has 1 aromatic carbocycles. The standard InChI is InChI=1S/C15H19NO4S/c1-3-19-13-6-8-15(9-7-13)21(17,18)16-12(2)11-14-5-4-10-20-14/h4-10,12,16H,3,11H2,1-2H3. The van der Waals surface area contributed by atoms with Crippen molar-refractivity contribution in [3.8, 4) is 5.75 Å². The predicted molar refractivity (Wildman–Crippen MR) is 79.8 cm³/mol. The van der Waals surface area contributed by atoms with E-state index in [-0.39, 0.29) is 10.9 Å². The molecule has 1 aromatic heterocycles. The van der Waals surface area contributed by atoms with Crippen LogP contribution in [0.15, 0.2) is 52.0 Å². The zero-order valence-electron chi connectivity index (χ0n) is 12.1. The fourth-order valence-corrected chi connectivity index (χ4v) is 3.23. The Morgan fingerprint density at radius 2 is 1.95 bits per heavy atom. The van der Waals surface area contributed by atoms with Crippen molar-refractivity contribution in [2.45, 2.75) is 31.2 Å². The summed E-state index contributed by atoms with van der Waals surface area (Å²) in [6, 6.07) is 9.71. The first-order valence-corrected chi connectivity index (χ1v) is 8.27. The maximum Gasteiger partial charge on any atom is 0.240 e. The summed E-state index contributed by atoms with van der Waals surface area (Å²) < 4.78 is 37.7. The number of benzene rings is 1. The van der Waals surface area contributed by atoms with Crippen LogP contribution < -0.4 is 9.46 Å². The third-order valence-corrected chi connectivity index (χ3v) is 4.49. The van der Waals surface area contributed by atoms with Gasteiger partial charge in [-0.15, -0.1) is 0 Å². The zero-order valence-corrected chi connectivity index (χ0v) is 12.9. The van der Waals surface area contributed by atoms with Crippen molar-refractivity contribution in [1.29, 1.82) is 0 Å². The van der Waals surface area contributed by atoms with E-state index in [0.29, 0.717) is 18.8 Å². The molecule has 114 valence electrons. The number of furan rings is 1. The van der Waals surface area contributed by atoms with Gasteiger partial charge in [0.15, 0.2) is 0 Å². The van der Waals surface area contributed by atoms with Gasteiger partial charge in [-0.1, -0.05) is 0 Å². The molecular weight excluding hydrogens is 290 g/mol. The molecule has 2 aromatic rings. The molecule has 5 nitrogen and oxygen atoms in total. The molecule has 0 aliphatic rings. The van der Waals surface area contributed by atoms with Gasteiger partial charge in [0.1, 0.15) is 11.5 Å². The smallest absolute Gasteiger partial charge is 0.240 e. The first-order valence-electron chi connectivity index (χ1n) is 6.79. The molecule has 0 bridgehead atoms. The zero-order chi connectivity index (χ0) is 15.3. The van der Waals surface area contributed by atoms with Crippen LogP contribution in [0, 0.1) is 0 Å². The Kier molecular flexibility index (Phi) is 5.03. The van der Waals surface area contributed by atoms with Crippen molar-refractivity contribution in [2.75, 3.05) is 6.61 Å². The molecule has 0 fully saturated rings. The number of sulfonamides is 1. The second-order valence-corrected chi connectivity index (χ2v) is 6.42. The number of rotatable bonds is 7. The fraction of sp³-hybridized carbons (Fsp3) is 0.333. The van der Waals surface area contributed by atoms with E-state index in [2.05, 4.69) is 4.72 Å². The van der Waals surface area contributed by atoms with Gasteiger partial charge in [-0.05, 0) is 50.2 Å². The van der Waals surface area contributed by atoms with E-state index >= 15 is 0 Å². The van der Waals surface area contributed by atoms with Gasteiger partial charge >= 0.3 is 0 Å². The largest absolute Gasteiger partial charge is 0.494 e. The summed E-state index contributed by atoms with van der Waals surface area (Å²) in [5.74, 6) is 1.40. The minimum Gasteiger partial charge on any atom is -0.494 e. The number of hydrogen-bond donors (Lipinski definition) is 1. The predicted octanol–water partition coefficient (Wildman–Crippen LogP) is 2.59. The van der Waals surface area contributed by atoms with E-state index in [1.54, 1.807) is 31.4 Å². The second-order valence-electron chi connectivity index (χ2n) is 4.71. The maximum absolute atomic E-state index is 12.3. The topological polar surface area (TPSA) is 68.5 Å². The molecule has 1 atom stereocenters. The first kappa shape index (κ1) is 15.6. The van der Waals surface area contributed by atoms with Gasteiger partial charge < -0.3 is 9.15 Å². The minimum absolute atomic E-state index is 0.220. The van der Waals surface area contributed by atoms with Crippen LogP contribution in [0.5, 0.6) is 5.75 Å². The Hall–Kier alpha value is -1.79. The second kappa shape index (κ2) is 6.78. The minimum atomic E-state index is -3.54. The third kappa shape index (κ3) is 4.34. The molecule has 1 N–H and O–H groups in total. The molecule has 0 saturated heterocycles. The summed E-state index contributed by atoms with van der Waals surface area (Å²) in [6.07, 6.45) is 2.08. The lowest BCUT2D eigenvalue weighted by Crippen LogP contribution is -2.34. The van der Waals surface area contributed by atoms with Crippen molar-refractivity contribution >= 4 is 10.0 Å². The molecule has 0 aliphatic heterocycles. The van der Waals surface area contributed by atoms with E-state index in [1.165, 1.54) is 12.1 Å². The molecule has 1 unspecified atom stereocenters. The first-order chi connectivity index (χ1) is 10.0. The Labute approximate surface area is 125 Å². The summed E-state index contributed by atoms with van der Waals surface area (Å²) in [6.45, 7) is 4.22. The summed E-state index contributed by atoms with van der Waals surface area (Å²) in [4.78, 5) is 0.220. The van der Waals surface area contributed by atoms with Crippen molar-refractivity contribution in [3.63, 3.8) is 0 Å². The van der Waals surface area contributed by atoms with Crippen molar-refractivity contribution in [2.24, 2.45) is 0 Å². The highest BCUT2D eigenvalue weighted by atomic mass is 32.2. The van der Waals surface area contributed by atoms with Crippen molar-refractivity contribution < 1.29 is 17.6 Å². The Morgan fingerprint density at radius 1 is 1.24 bits per heavy atom. The number of ether oxygens (including phenoxy) is 1. The van der Waals surface area contributed by atoms with Gasteiger partial charge in [0.05, 0.1) is 17.8 Å². The Balaban J connectivity index is 2.03. The van der Waals surface area contributed by atoms with Gasteiger partial charge in [0.2, 0.25) is 10.0 Å². The van der Waals surface area contributed by atoms with E-state index in [1.807, 2.05) is 13.0 Å². The van der Waals surface area contributed by atoms with Crippen LogP contribution in [-0.4, -0.2) is 21.1 Å². The molecule has 0 radical (unpaired) electrons. The SMILES string of the molecule is CCOc1ccc(S(=O)(=O)NC(C)Cc2ccco2)cc1. The molecule has 1 heterocycles. The number of hydrogen-bond acceptors (Lipinski definition) is 4. The molecule has 6 heteroatoms. The van der Waals surface area contributed by atoms with E-state index < -0.39 is 10.0 Å². The normalized spacial score (nSPS) is 13.0. The Bertz CT molecular complexity index is 647. The molecule has 0 amide bonds. The van der Waals surface area contributed by atoms with Crippen LogP contribution in [0.3, 0.4) is 0 Å². The van der Waals surface area contributed by atoms with Crippen LogP contribution in [0.1, 0.15) is 19.6 Å². The van der Waals surface area contributed by atoms with E-state index in [4.69, 9.17) is 9.15 Å². The van der Waals surface area contributed by atoms with Gasteiger partial charge in [-0.2, -0.15) is 0 Å². The molecule has 0 aliphatic carbocycles. The van der Waals surface area contributed by atoms with Crippen LogP contribution in [-0.2, 0) is 16.4 Å². The van der Waals surface area contributed by atoms with Crippen LogP contribution >= 0.6 is 0 Å². The monoisotopic (exact) mass is 309 g/mol. The maximum atomic E-state index is 12.3. The van der Waals surface area contributed by atoms with E-state index in [0.717, 1.165) is 5.76 Å². The lowest BCUT2D eigenvalue weighted by Gasteiger charge is -2.13. The lowest BCUT2D eigenvalue weighted by atomic mass is 10.2. The summed E-state index contributed by atoms with van der Waals surface area (Å²) in [5, 5.41) is 0. The highest BCUT2D eigenvalue weighted by Gasteiger charge is 2.18. The Morgan fingerprint density at radius 3 is 2.52 bits per heavy atom.